The molecule has 0 saturated carbocycles. The fourth-order valence-corrected chi connectivity index (χ4v) is 1.71. The van der Waals surface area contributed by atoms with Crippen LogP contribution >= 0.6 is 0 Å². The Morgan fingerprint density at radius 3 is 2.38 bits per heavy atom. The summed E-state index contributed by atoms with van der Waals surface area (Å²) in [7, 11) is 3.96. The molecular formula is C16H20N4O. The van der Waals surface area contributed by atoms with Crippen LogP contribution in [0.3, 0.4) is 0 Å². The minimum absolute atomic E-state index is 0.150. The van der Waals surface area contributed by atoms with Crippen molar-refractivity contribution in [2.45, 2.75) is 13.0 Å². The van der Waals surface area contributed by atoms with Crippen LogP contribution in [-0.4, -0.2) is 47.5 Å². The van der Waals surface area contributed by atoms with Crippen LogP contribution in [-0.2, 0) is 0 Å². The average molecular weight is 284 g/mol. The first kappa shape index (κ1) is 15.1. The Hall–Kier alpha value is -2.27. The predicted octanol–water partition coefficient (Wildman–Crippen LogP) is 1.82. The van der Waals surface area contributed by atoms with Gasteiger partial charge in [0.15, 0.2) is 5.82 Å². The zero-order valence-corrected chi connectivity index (χ0v) is 12.6. The van der Waals surface area contributed by atoms with E-state index in [1.54, 1.807) is 12.4 Å². The summed E-state index contributed by atoms with van der Waals surface area (Å²) in [6.45, 7) is 2.64. The summed E-state index contributed by atoms with van der Waals surface area (Å²) in [6.07, 6.45) is 3.12. The third-order valence-electron chi connectivity index (χ3n) is 3.39. The largest absolute Gasteiger partial charge is 0.350 e. The Bertz CT molecular complexity index is 581. The van der Waals surface area contributed by atoms with Gasteiger partial charge < -0.3 is 10.2 Å². The first-order chi connectivity index (χ1) is 10.1. The number of carbonyl (C=O) groups is 1. The molecule has 1 atom stereocenters. The highest BCUT2D eigenvalue weighted by atomic mass is 16.1. The SMILES string of the molecule is CC(CNC(=O)c1cnc(-c2ccccc2)nc1)N(C)C. The minimum Gasteiger partial charge on any atom is -0.350 e. The van der Waals surface area contributed by atoms with Gasteiger partial charge in [-0.1, -0.05) is 30.3 Å². The summed E-state index contributed by atoms with van der Waals surface area (Å²) >= 11 is 0. The van der Waals surface area contributed by atoms with Crippen molar-refractivity contribution in [2.24, 2.45) is 0 Å². The second-order valence-corrected chi connectivity index (χ2v) is 5.18. The van der Waals surface area contributed by atoms with Gasteiger partial charge in [-0.15, -0.1) is 0 Å². The highest BCUT2D eigenvalue weighted by molar-refractivity contribution is 5.93. The average Bonchev–Trinajstić information content (AvgIpc) is 2.53. The van der Waals surface area contributed by atoms with Crippen molar-refractivity contribution in [1.82, 2.24) is 20.2 Å². The van der Waals surface area contributed by atoms with Crippen LogP contribution in [0, 0.1) is 0 Å². The molecule has 0 radical (unpaired) electrons. The van der Waals surface area contributed by atoms with Crippen LogP contribution in [0.4, 0.5) is 0 Å². The second kappa shape index (κ2) is 6.95. The van der Waals surface area contributed by atoms with Crippen molar-refractivity contribution >= 4 is 5.91 Å². The lowest BCUT2D eigenvalue weighted by molar-refractivity contribution is 0.0943. The molecule has 5 nitrogen and oxygen atoms in total. The van der Waals surface area contributed by atoms with Gasteiger partial charge in [0, 0.05) is 30.5 Å². The molecule has 1 aromatic heterocycles. The van der Waals surface area contributed by atoms with Gasteiger partial charge in [-0.3, -0.25) is 4.79 Å². The van der Waals surface area contributed by atoms with E-state index in [9.17, 15) is 4.79 Å². The summed E-state index contributed by atoms with van der Waals surface area (Å²) in [5, 5.41) is 2.88. The van der Waals surface area contributed by atoms with E-state index >= 15 is 0 Å². The number of likely N-dealkylation sites (N-methyl/N-ethyl adjacent to an activating group) is 1. The Labute approximate surface area is 125 Å². The van der Waals surface area contributed by atoms with Gasteiger partial charge in [0.05, 0.1) is 5.56 Å². The Kier molecular flexibility index (Phi) is 5.00. The predicted molar refractivity (Wildman–Crippen MR) is 83.0 cm³/mol. The van der Waals surface area contributed by atoms with Gasteiger partial charge in [0.1, 0.15) is 0 Å². The number of nitrogens with zero attached hydrogens (tertiary/aromatic N) is 3. The lowest BCUT2D eigenvalue weighted by atomic mass is 10.2. The molecular weight excluding hydrogens is 264 g/mol. The van der Waals surface area contributed by atoms with E-state index in [1.165, 1.54) is 0 Å². The van der Waals surface area contributed by atoms with Crippen LogP contribution in [0.25, 0.3) is 11.4 Å². The maximum absolute atomic E-state index is 12.0. The molecule has 1 amide bonds. The molecule has 0 aliphatic rings. The van der Waals surface area contributed by atoms with Crippen LogP contribution in [0.1, 0.15) is 17.3 Å². The fraction of sp³-hybridized carbons (Fsp3) is 0.312. The van der Waals surface area contributed by atoms with Crippen molar-refractivity contribution in [2.75, 3.05) is 20.6 Å². The molecule has 1 N–H and O–H groups in total. The molecule has 0 spiro atoms. The normalized spacial score (nSPS) is 12.2. The van der Waals surface area contributed by atoms with Crippen LogP contribution in [0.15, 0.2) is 42.7 Å². The molecule has 110 valence electrons. The van der Waals surface area contributed by atoms with Crippen LogP contribution in [0.5, 0.6) is 0 Å². The highest BCUT2D eigenvalue weighted by Crippen LogP contribution is 2.13. The van der Waals surface area contributed by atoms with Gasteiger partial charge >= 0.3 is 0 Å². The number of hydrogen-bond acceptors (Lipinski definition) is 4. The molecule has 5 heteroatoms. The number of rotatable bonds is 5. The zero-order valence-electron chi connectivity index (χ0n) is 12.6. The first-order valence-electron chi connectivity index (χ1n) is 6.90. The Morgan fingerprint density at radius 1 is 1.19 bits per heavy atom. The van der Waals surface area contributed by atoms with Gasteiger partial charge in [-0.25, -0.2) is 9.97 Å². The van der Waals surface area contributed by atoms with Gasteiger partial charge in [0.2, 0.25) is 0 Å². The van der Waals surface area contributed by atoms with E-state index in [2.05, 4.69) is 27.1 Å². The summed E-state index contributed by atoms with van der Waals surface area (Å²) in [5.41, 5.74) is 1.41. The van der Waals surface area contributed by atoms with Crippen LogP contribution in [0.2, 0.25) is 0 Å². The number of carbonyl (C=O) groups excluding carboxylic acids is 1. The molecule has 0 aliphatic carbocycles. The molecule has 1 aromatic carbocycles. The minimum atomic E-state index is -0.150. The molecule has 1 heterocycles. The number of amides is 1. The molecule has 2 rings (SSSR count). The monoisotopic (exact) mass is 284 g/mol. The maximum Gasteiger partial charge on any atom is 0.254 e. The molecule has 21 heavy (non-hydrogen) atoms. The lowest BCUT2D eigenvalue weighted by Crippen LogP contribution is -2.38. The van der Waals surface area contributed by atoms with Crippen LogP contribution < -0.4 is 5.32 Å². The second-order valence-electron chi connectivity index (χ2n) is 5.18. The third-order valence-corrected chi connectivity index (χ3v) is 3.39. The third kappa shape index (κ3) is 4.10. The molecule has 1 unspecified atom stereocenters. The van der Waals surface area contributed by atoms with Gasteiger partial charge in [-0.2, -0.15) is 0 Å². The summed E-state index contributed by atoms with van der Waals surface area (Å²) < 4.78 is 0. The topological polar surface area (TPSA) is 58.1 Å². The molecule has 0 aliphatic heterocycles. The maximum atomic E-state index is 12.0. The molecule has 0 bridgehead atoms. The quantitative estimate of drug-likeness (QED) is 0.910. The smallest absolute Gasteiger partial charge is 0.254 e. The van der Waals surface area contributed by atoms with Crippen molar-refractivity contribution in [1.29, 1.82) is 0 Å². The lowest BCUT2D eigenvalue weighted by Gasteiger charge is -2.19. The summed E-state index contributed by atoms with van der Waals surface area (Å²) in [4.78, 5) is 22.6. The van der Waals surface area contributed by atoms with E-state index in [0.717, 1.165) is 5.56 Å². The standard InChI is InChI=1S/C16H20N4O/c1-12(20(2)3)9-19-16(21)14-10-17-15(18-11-14)13-7-5-4-6-8-13/h4-8,10-12H,9H2,1-3H3,(H,19,21). The summed E-state index contributed by atoms with van der Waals surface area (Å²) in [6, 6.07) is 9.96. The number of aromatic nitrogens is 2. The molecule has 2 aromatic rings. The summed E-state index contributed by atoms with van der Waals surface area (Å²) in [5.74, 6) is 0.470. The van der Waals surface area contributed by atoms with E-state index in [4.69, 9.17) is 0 Å². The number of hydrogen-bond donors (Lipinski definition) is 1. The van der Waals surface area contributed by atoms with E-state index in [0.29, 0.717) is 17.9 Å². The Morgan fingerprint density at radius 2 is 1.81 bits per heavy atom. The fourth-order valence-electron chi connectivity index (χ4n) is 1.71. The van der Waals surface area contributed by atoms with Gasteiger partial charge in [0.25, 0.3) is 5.91 Å². The highest BCUT2D eigenvalue weighted by Gasteiger charge is 2.10. The van der Waals surface area contributed by atoms with E-state index < -0.39 is 0 Å². The van der Waals surface area contributed by atoms with E-state index in [-0.39, 0.29) is 11.9 Å². The Balaban J connectivity index is 2.00. The number of nitrogens with one attached hydrogen (secondary N) is 1. The molecule has 0 saturated heterocycles. The molecule has 0 fully saturated rings. The van der Waals surface area contributed by atoms with Crippen molar-refractivity contribution in [3.8, 4) is 11.4 Å². The van der Waals surface area contributed by atoms with Crippen molar-refractivity contribution < 1.29 is 4.79 Å². The zero-order chi connectivity index (χ0) is 15.2. The van der Waals surface area contributed by atoms with Gasteiger partial charge in [-0.05, 0) is 21.0 Å². The van der Waals surface area contributed by atoms with E-state index in [1.807, 2.05) is 44.4 Å². The van der Waals surface area contributed by atoms with Crippen molar-refractivity contribution in [3.05, 3.63) is 48.3 Å². The van der Waals surface area contributed by atoms with Crippen molar-refractivity contribution in [3.63, 3.8) is 0 Å². The first-order valence-corrected chi connectivity index (χ1v) is 6.90. The number of benzene rings is 1.